The number of methoxy groups -OCH3 is 2. The van der Waals surface area contributed by atoms with Crippen molar-refractivity contribution in [2.45, 2.75) is 242 Å². The van der Waals surface area contributed by atoms with Gasteiger partial charge in [-0.2, -0.15) is 0 Å². The Morgan fingerprint density at radius 3 is 1.57 bits per heavy atom. The van der Waals surface area contributed by atoms with Gasteiger partial charge in [0.05, 0.1) is 54.2 Å². The lowest BCUT2D eigenvalue weighted by molar-refractivity contribution is -0.372. The number of carbonyl (C=O) groups is 11. The molecule has 6 fully saturated rings. The normalized spacial score (nSPS) is 25.2. The summed E-state index contributed by atoms with van der Waals surface area (Å²) >= 11 is 8.94. The highest BCUT2D eigenvalue weighted by atomic mass is 79.9. The molecule has 2 unspecified atom stereocenters. The lowest BCUT2D eigenvalue weighted by Crippen LogP contribution is -2.56. The molecule has 0 spiro atoms. The van der Waals surface area contributed by atoms with Crippen LogP contribution in [0.4, 0.5) is 14.7 Å². The molecule has 640 valence electrons. The zero-order valence-electron chi connectivity index (χ0n) is 68.5. The molecule has 4 saturated carbocycles. The summed E-state index contributed by atoms with van der Waals surface area (Å²) in [4.78, 5) is 162. The number of thiocarbonyl (C=S) groups is 1. The van der Waals surface area contributed by atoms with Crippen LogP contribution in [0.2, 0.25) is 0 Å². The molecule has 4 aliphatic carbocycles. The average Bonchev–Trinajstić information content (AvgIpc) is 1.59. The van der Waals surface area contributed by atoms with E-state index in [1.165, 1.54) is 21.1 Å². The molecule has 0 bridgehead atoms. The SMILES string of the molecule is C=[O+]C(=O)[C@@]12CC1/C=C\CCCCC[C@H](NC(=O)OC1CCCC1)C(=O)N1C[C@H](Oc3cc(C(=O)CBr)nc4c(C)c(OC)ccc34)C[C@H]1C(=O)N2.CC(C)C(=O)NC(N)=S.COc1ccc2c(O[C@@H]3C[C@H]4C(=O)N[C@]5(C(=O)O)CC5/C=C\CCCCC[C@H](NC(=O)OC5CCCC5)C(=O)N4C3)cc(-c3csc(NC(=O)C(C)C)n3)nc2c1C. The second-order valence-electron chi connectivity index (χ2n) is 32.2. The van der Waals surface area contributed by atoms with Gasteiger partial charge in [0.15, 0.2) is 22.8 Å². The molecule has 3 aromatic heterocycles. The molecule has 9 N–H and O–H groups in total. The zero-order valence-corrected chi connectivity index (χ0v) is 71.7. The van der Waals surface area contributed by atoms with Gasteiger partial charge >= 0.3 is 24.1 Å². The largest absolute Gasteiger partial charge is 0.605 e. The van der Waals surface area contributed by atoms with Crippen LogP contribution in [-0.2, 0) is 52.3 Å². The average molecular weight is 1750 g/mol. The van der Waals surface area contributed by atoms with Crippen LogP contribution in [-0.4, -0.2) is 199 Å². The second kappa shape index (κ2) is 40.2. The minimum absolute atomic E-state index is 0.00353. The van der Waals surface area contributed by atoms with Gasteiger partial charge in [-0.1, -0.05) is 93.6 Å². The number of hydrogen-bond donors (Lipinski definition) is 8. The number of ether oxygens (including phenoxy) is 6. The molecule has 10 atom stereocenters. The van der Waals surface area contributed by atoms with Crippen LogP contribution in [0, 0.1) is 37.5 Å². The van der Waals surface area contributed by atoms with Gasteiger partial charge in [0.25, 0.3) is 0 Å². The van der Waals surface area contributed by atoms with E-state index in [9.17, 15) is 57.8 Å². The fraction of sp³-hybridized carbons (Fsp3) is 0.553. The van der Waals surface area contributed by atoms with Crippen LogP contribution in [0.3, 0.4) is 0 Å². The van der Waals surface area contributed by atoms with E-state index in [4.69, 9.17) is 43.6 Å². The number of nitrogens with zero attached hydrogens (tertiary/aromatic N) is 5. The van der Waals surface area contributed by atoms with Crippen LogP contribution in [0.15, 0.2) is 66.1 Å². The number of amides is 8. The smallest absolute Gasteiger partial charge is 0.496 e. The van der Waals surface area contributed by atoms with Gasteiger partial charge in [-0.25, -0.2) is 29.3 Å². The zero-order chi connectivity index (χ0) is 85.6. The summed E-state index contributed by atoms with van der Waals surface area (Å²) in [6, 6.07) is 6.51. The van der Waals surface area contributed by atoms with Gasteiger partial charge in [-0.05, 0) is 153 Å². The van der Waals surface area contributed by atoms with Crippen LogP contribution < -0.4 is 56.6 Å². The van der Waals surface area contributed by atoms with Crippen molar-refractivity contribution in [2.24, 2.45) is 29.4 Å². The Balaban J connectivity index is 0.000000212. The lowest BCUT2D eigenvalue weighted by Gasteiger charge is -2.29. The number of aliphatic carboxylic acids is 1. The molecule has 2 saturated heterocycles. The van der Waals surface area contributed by atoms with Gasteiger partial charge in [-0.15, -0.1) is 11.3 Å². The van der Waals surface area contributed by atoms with Crippen molar-refractivity contribution in [3.05, 3.63) is 82.9 Å². The van der Waals surface area contributed by atoms with Crippen molar-refractivity contribution in [1.82, 2.24) is 51.3 Å². The van der Waals surface area contributed by atoms with Crippen LogP contribution >= 0.6 is 39.5 Å². The number of nitrogens with one attached hydrogen (secondary N) is 6. The lowest BCUT2D eigenvalue weighted by atomic mass is 10.0. The van der Waals surface area contributed by atoms with E-state index < -0.39 is 95.2 Å². The number of carbonyl (C=O) groups excluding carboxylic acids is 11. The van der Waals surface area contributed by atoms with Gasteiger partial charge in [0, 0.05) is 75.9 Å². The van der Waals surface area contributed by atoms with Crippen LogP contribution in [0.25, 0.3) is 33.2 Å². The number of carboxylic acids is 1. The predicted octanol–water partition coefficient (Wildman–Crippen LogP) is 10.9. The van der Waals surface area contributed by atoms with Gasteiger partial charge in [0.1, 0.15) is 88.5 Å². The minimum atomic E-state index is -1.47. The Bertz CT molecular complexity index is 4740. The number of nitrogens with two attached hydrogens (primary N) is 1. The molecule has 119 heavy (non-hydrogen) atoms. The Kier molecular flexibility index (Phi) is 30.3. The maximum atomic E-state index is 14.6. The number of anilines is 1. The summed E-state index contributed by atoms with van der Waals surface area (Å²) in [5.74, 6) is -3.33. The van der Waals surface area contributed by atoms with E-state index in [0.717, 1.165) is 101 Å². The monoisotopic (exact) mass is 1740 g/mol. The molecule has 31 nitrogen and oxygen atoms in total. The fourth-order valence-electron chi connectivity index (χ4n) is 16.1. The highest BCUT2D eigenvalue weighted by Gasteiger charge is 2.68. The number of fused-ring (bicyclic) bond motifs is 6. The first-order valence-electron chi connectivity index (χ1n) is 41.0. The molecule has 4 aliphatic heterocycles. The number of aromatic nitrogens is 3. The first-order valence-corrected chi connectivity index (χ1v) is 43.4. The third kappa shape index (κ3) is 21.9. The van der Waals surface area contributed by atoms with Crippen molar-refractivity contribution in [2.75, 3.05) is 38.0 Å². The van der Waals surface area contributed by atoms with E-state index in [1.807, 2.05) is 50.3 Å². The minimum Gasteiger partial charge on any atom is -0.496 e. The number of aryl methyl sites for hydroxylation is 2. The predicted molar refractivity (Wildman–Crippen MR) is 451 cm³/mol. The topological polar surface area (TPSA) is 418 Å². The molecule has 34 heteroatoms. The maximum Gasteiger partial charge on any atom is 0.605 e. The highest BCUT2D eigenvalue weighted by molar-refractivity contribution is 9.09. The van der Waals surface area contributed by atoms with Crippen LogP contribution in [0.5, 0.6) is 23.0 Å². The van der Waals surface area contributed by atoms with Crippen LogP contribution in [0.1, 0.15) is 191 Å². The molecule has 13 rings (SSSR count). The van der Waals surface area contributed by atoms with E-state index in [-0.39, 0.29) is 102 Å². The Labute approximate surface area is 708 Å². The van der Waals surface area contributed by atoms with E-state index in [0.29, 0.717) is 93.4 Å². The van der Waals surface area contributed by atoms with Crippen molar-refractivity contribution in [3.63, 3.8) is 0 Å². The van der Waals surface area contributed by atoms with Gasteiger partial charge in [-0.3, -0.25) is 38.0 Å². The molecule has 2 aromatic carbocycles. The number of benzene rings is 2. The summed E-state index contributed by atoms with van der Waals surface area (Å²) in [6.45, 7) is 14.2. The molecule has 0 radical (unpaired) electrons. The number of hydrogen-bond acceptors (Lipinski definition) is 22. The maximum absolute atomic E-state index is 14.6. The molecule has 8 amide bonds. The molecule has 5 aromatic rings. The molecule has 7 heterocycles. The summed E-state index contributed by atoms with van der Waals surface area (Å²) < 4.78 is 40.7. The summed E-state index contributed by atoms with van der Waals surface area (Å²) in [6.07, 6.45) is 19.2. The number of carboxylic acid groups (broad SMARTS) is 1. The van der Waals surface area contributed by atoms with Crippen molar-refractivity contribution in [1.29, 1.82) is 0 Å². The number of thiazole rings is 1. The van der Waals surface area contributed by atoms with Crippen molar-refractivity contribution >= 4 is 144 Å². The number of pyridine rings is 2. The number of alkyl halides is 1. The third-order valence-electron chi connectivity index (χ3n) is 23.1. The molecular weight excluding hydrogens is 1640 g/mol. The number of halogens is 1. The Morgan fingerprint density at radius 1 is 0.639 bits per heavy atom. The number of Topliss-reactive ketones (excluding diaryl/α,β-unsaturated/α-hetero) is 1. The molecular formula is C85H108BrN12O19S2+. The standard InChI is InChI=1S/C42H52N6O9S.C38H45BrN4O9.C5H10N2OS/c1-23(2)36(49)46-40-44-31(22-58-40)30-19-34(28-16-17-33(55-4)24(3)35(28)43-30)56-27-18-32-37(50)47-42(39(52)53)20-25(42)12-8-6-5-7-9-15-29(38(51)48(32)21-27)45-41(54)57-26-13-10-11-14-26;1-22-31(49-2)16-15-26-32(18-28(30(44)20-39)40-33(22)26)51-25-17-29-34(45)42-38(36(47)50-3)19-23(38)11-7-5-4-6-8-14-27(35(46)43(29)21-25)41-37(48)52-24-12-9-10-13-24;1-3(2)4(8)7-5(6)9/h8,12,16-17,19,22-23,25-27,29,32H,5-7,9-11,13-15,18,20-21H2,1-4H3,(H,45,54)(H,47,50)(H,52,53)(H,44,46,49);7,11,15-16,18,23-25,27,29H,3-6,8-10,12-14,17,19-21H2,1-2H3,(H-,41,42,45,48);3H,1-2H3,(H3,6,7,8,9)/p+1/b12-8-;11-7-;/t25?,27-,29+,32+,42-;23?,25-,27+,29+,38-;/m11./s1. The highest BCUT2D eigenvalue weighted by Crippen LogP contribution is 2.48. The first-order chi connectivity index (χ1) is 57.0. The first kappa shape index (κ1) is 89.6. The van der Waals surface area contributed by atoms with Crippen molar-refractivity contribution in [3.8, 4) is 34.4 Å². The quantitative estimate of drug-likeness (QED) is 0.0133. The second-order valence-corrected chi connectivity index (χ2v) is 34.1. The molecule has 8 aliphatic rings. The third-order valence-corrected chi connectivity index (χ3v) is 24.5. The number of rotatable bonds is 18. The Hall–Kier alpha value is -10.2. The van der Waals surface area contributed by atoms with E-state index in [1.54, 1.807) is 71.6 Å². The summed E-state index contributed by atoms with van der Waals surface area (Å²) in [7, 11) is 3.13. The number of ketones is 1. The summed E-state index contributed by atoms with van der Waals surface area (Å²) in [5, 5.41) is 30.4. The van der Waals surface area contributed by atoms with E-state index >= 15 is 0 Å². The fourth-order valence-corrected chi connectivity index (χ4v) is 17.2. The van der Waals surface area contributed by atoms with E-state index in [2.05, 4.69) is 76.8 Å². The Morgan fingerprint density at radius 2 is 1.11 bits per heavy atom. The number of allylic oxidation sites excluding steroid dienone is 2. The number of alkyl carbamates (subject to hydrolysis) is 2. The summed E-state index contributed by atoms with van der Waals surface area (Å²) in [5.41, 5.74) is 6.02. The van der Waals surface area contributed by atoms with Crippen molar-refractivity contribution < 1.29 is 90.7 Å². The van der Waals surface area contributed by atoms with Gasteiger partial charge < -0.3 is 81.0 Å². The van der Waals surface area contributed by atoms with Gasteiger partial charge in [0.2, 0.25) is 41.0 Å².